The van der Waals surface area contributed by atoms with Gasteiger partial charge in [-0.05, 0) is 30.3 Å². The number of hydrogen-bond donors (Lipinski definition) is 2. The van der Waals surface area contributed by atoms with Crippen molar-refractivity contribution in [2.24, 2.45) is 7.05 Å². The van der Waals surface area contributed by atoms with Gasteiger partial charge in [-0.15, -0.1) is 0 Å². The van der Waals surface area contributed by atoms with Crippen LogP contribution in [0.1, 0.15) is 0 Å². The van der Waals surface area contributed by atoms with Gasteiger partial charge in [-0.25, -0.2) is 4.98 Å². The van der Waals surface area contributed by atoms with E-state index in [0.717, 1.165) is 0 Å². The molecule has 0 bridgehead atoms. The molecule has 2 aromatic carbocycles. The summed E-state index contributed by atoms with van der Waals surface area (Å²) in [6.45, 7) is 0. The molecule has 1 heterocycles. The van der Waals surface area contributed by atoms with Crippen molar-refractivity contribution in [1.29, 1.82) is 0 Å². The summed E-state index contributed by atoms with van der Waals surface area (Å²) in [6.07, 6.45) is 1.61. The second-order valence-electron chi connectivity index (χ2n) is 5.45. The lowest BCUT2D eigenvalue weighted by Gasteiger charge is -2.12. The molecule has 0 saturated heterocycles. The number of aromatic nitrogens is 2. The highest BCUT2D eigenvalue weighted by Crippen LogP contribution is 2.39. The minimum atomic E-state index is -0.589. The zero-order chi connectivity index (χ0) is 18.1. The predicted octanol–water partition coefficient (Wildman–Crippen LogP) is 3.32. The largest absolute Gasteiger partial charge is 0.504 e. The van der Waals surface area contributed by atoms with Crippen molar-refractivity contribution < 1.29 is 24.1 Å². The highest BCUT2D eigenvalue weighted by molar-refractivity contribution is 5.81. The molecule has 7 heteroatoms. The topological polar surface area (TPSA) is 76.7 Å². The normalized spacial score (nSPS) is 10.7. The summed E-state index contributed by atoms with van der Waals surface area (Å²) < 4.78 is 26.1. The molecular formula is C18H17FN2O4. The van der Waals surface area contributed by atoms with Crippen LogP contribution < -0.4 is 9.47 Å². The quantitative estimate of drug-likeness (QED) is 0.710. The van der Waals surface area contributed by atoms with E-state index in [4.69, 9.17) is 9.47 Å². The van der Waals surface area contributed by atoms with E-state index < -0.39 is 5.82 Å². The van der Waals surface area contributed by atoms with Crippen molar-refractivity contribution in [3.05, 3.63) is 42.5 Å². The van der Waals surface area contributed by atoms with Crippen LogP contribution in [-0.2, 0) is 7.05 Å². The van der Waals surface area contributed by atoms with E-state index in [1.165, 1.54) is 38.5 Å². The number of methoxy groups -OCH3 is 2. The van der Waals surface area contributed by atoms with Crippen LogP contribution in [0.15, 0.2) is 36.7 Å². The summed E-state index contributed by atoms with van der Waals surface area (Å²) in [6, 6.07) is 7.56. The molecule has 3 aromatic rings. The number of imidazole rings is 1. The van der Waals surface area contributed by atoms with Gasteiger partial charge in [0.05, 0.1) is 31.9 Å². The highest BCUT2D eigenvalue weighted by Gasteiger charge is 2.19. The summed E-state index contributed by atoms with van der Waals surface area (Å²) in [5, 5.41) is 19.3. The van der Waals surface area contributed by atoms with Crippen LogP contribution in [0.2, 0.25) is 0 Å². The lowest BCUT2D eigenvalue weighted by molar-refractivity contribution is 0.351. The summed E-state index contributed by atoms with van der Waals surface area (Å²) >= 11 is 0. The minimum Gasteiger partial charge on any atom is -0.504 e. The maximum absolute atomic E-state index is 14.2. The van der Waals surface area contributed by atoms with Gasteiger partial charge in [0.1, 0.15) is 0 Å². The van der Waals surface area contributed by atoms with Crippen molar-refractivity contribution in [3.8, 4) is 45.5 Å². The second-order valence-corrected chi connectivity index (χ2v) is 5.45. The standard InChI is InChI=1S/C18H17FN2O4/c1-21-9-20-17(18(21)10-4-5-12(22)13(23)6-10)11-7-14(24-2)16(19)15(8-11)25-3/h4-9,22-23H,1-3H3. The molecule has 25 heavy (non-hydrogen) atoms. The number of hydrogen-bond acceptors (Lipinski definition) is 5. The Morgan fingerprint density at radius 2 is 1.60 bits per heavy atom. The number of phenolic OH excluding ortho intramolecular Hbond substituents is 2. The SMILES string of the molecule is COc1cc(-c2ncn(C)c2-c2ccc(O)c(O)c2)cc(OC)c1F. The molecule has 6 nitrogen and oxygen atoms in total. The van der Waals surface area contributed by atoms with E-state index in [2.05, 4.69) is 4.98 Å². The number of benzene rings is 2. The average Bonchev–Trinajstić information content (AvgIpc) is 2.99. The van der Waals surface area contributed by atoms with Gasteiger partial charge in [-0.3, -0.25) is 0 Å². The van der Waals surface area contributed by atoms with E-state index in [9.17, 15) is 14.6 Å². The fourth-order valence-corrected chi connectivity index (χ4v) is 2.66. The fourth-order valence-electron chi connectivity index (χ4n) is 2.66. The van der Waals surface area contributed by atoms with Gasteiger partial charge in [0.25, 0.3) is 0 Å². The molecule has 130 valence electrons. The Labute approximate surface area is 143 Å². The van der Waals surface area contributed by atoms with Crippen molar-refractivity contribution in [3.63, 3.8) is 0 Å². The molecule has 0 saturated carbocycles. The smallest absolute Gasteiger partial charge is 0.206 e. The Morgan fingerprint density at radius 1 is 0.960 bits per heavy atom. The van der Waals surface area contributed by atoms with Crippen molar-refractivity contribution in [2.45, 2.75) is 0 Å². The number of ether oxygens (including phenoxy) is 2. The number of nitrogens with zero attached hydrogens (tertiary/aromatic N) is 2. The van der Waals surface area contributed by atoms with E-state index in [0.29, 0.717) is 22.5 Å². The number of phenols is 2. The van der Waals surface area contributed by atoms with Crippen LogP contribution >= 0.6 is 0 Å². The molecule has 3 rings (SSSR count). The first-order valence-electron chi connectivity index (χ1n) is 7.41. The van der Waals surface area contributed by atoms with Gasteiger partial charge in [0.2, 0.25) is 5.82 Å². The van der Waals surface area contributed by atoms with Crippen LogP contribution in [0, 0.1) is 5.82 Å². The molecule has 0 atom stereocenters. The second kappa shape index (κ2) is 6.35. The maximum Gasteiger partial charge on any atom is 0.206 e. The molecule has 0 aliphatic heterocycles. The predicted molar refractivity (Wildman–Crippen MR) is 90.5 cm³/mol. The number of rotatable bonds is 4. The Balaban J connectivity index is 2.21. The van der Waals surface area contributed by atoms with Crippen LogP contribution in [0.3, 0.4) is 0 Å². The zero-order valence-electron chi connectivity index (χ0n) is 13.9. The van der Waals surface area contributed by atoms with Gasteiger partial charge in [0, 0.05) is 18.2 Å². The third-order valence-corrected chi connectivity index (χ3v) is 3.91. The Morgan fingerprint density at radius 3 is 2.16 bits per heavy atom. The first kappa shape index (κ1) is 16.6. The van der Waals surface area contributed by atoms with Crippen LogP contribution in [0.4, 0.5) is 4.39 Å². The van der Waals surface area contributed by atoms with Gasteiger partial charge in [-0.1, -0.05) is 0 Å². The molecule has 2 N–H and O–H groups in total. The maximum atomic E-state index is 14.2. The highest BCUT2D eigenvalue weighted by atomic mass is 19.1. The minimum absolute atomic E-state index is 0.0412. The summed E-state index contributed by atoms with van der Waals surface area (Å²) in [7, 11) is 4.55. The molecule has 0 amide bonds. The number of aromatic hydroxyl groups is 2. The van der Waals surface area contributed by atoms with Gasteiger partial charge in [0.15, 0.2) is 23.0 Å². The van der Waals surface area contributed by atoms with Gasteiger partial charge < -0.3 is 24.3 Å². The van der Waals surface area contributed by atoms with Crippen molar-refractivity contribution >= 4 is 0 Å². The van der Waals surface area contributed by atoms with E-state index in [1.807, 2.05) is 0 Å². The van der Waals surface area contributed by atoms with Crippen LogP contribution in [0.25, 0.3) is 22.5 Å². The zero-order valence-corrected chi connectivity index (χ0v) is 13.9. The number of aryl methyl sites for hydroxylation is 1. The third-order valence-electron chi connectivity index (χ3n) is 3.91. The van der Waals surface area contributed by atoms with Gasteiger partial charge >= 0.3 is 0 Å². The average molecular weight is 344 g/mol. The third kappa shape index (κ3) is 2.84. The first-order valence-corrected chi connectivity index (χ1v) is 7.41. The van der Waals surface area contributed by atoms with E-state index in [1.54, 1.807) is 24.0 Å². The van der Waals surface area contributed by atoms with Crippen molar-refractivity contribution in [2.75, 3.05) is 14.2 Å². The molecule has 1 aromatic heterocycles. The molecule has 0 radical (unpaired) electrons. The molecule has 0 aliphatic rings. The summed E-state index contributed by atoms with van der Waals surface area (Å²) in [4.78, 5) is 4.38. The molecule has 0 spiro atoms. The Hall–Kier alpha value is -3.22. The van der Waals surface area contributed by atoms with Gasteiger partial charge in [-0.2, -0.15) is 4.39 Å². The lowest BCUT2D eigenvalue weighted by atomic mass is 10.0. The summed E-state index contributed by atoms with van der Waals surface area (Å²) in [5.41, 5.74) is 2.49. The van der Waals surface area contributed by atoms with Crippen LogP contribution in [-0.4, -0.2) is 34.0 Å². The monoisotopic (exact) mass is 344 g/mol. The fraction of sp³-hybridized carbons (Fsp3) is 0.167. The Kier molecular flexibility index (Phi) is 4.22. The van der Waals surface area contributed by atoms with Crippen molar-refractivity contribution in [1.82, 2.24) is 9.55 Å². The molecule has 0 fully saturated rings. The molecule has 0 unspecified atom stereocenters. The summed E-state index contributed by atoms with van der Waals surface area (Å²) in [5.74, 6) is -0.955. The molecular weight excluding hydrogens is 327 g/mol. The van der Waals surface area contributed by atoms with E-state index in [-0.39, 0.29) is 23.0 Å². The number of halogens is 1. The van der Waals surface area contributed by atoms with E-state index >= 15 is 0 Å². The molecule has 0 aliphatic carbocycles. The lowest BCUT2D eigenvalue weighted by Crippen LogP contribution is -1.96. The Bertz CT molecular complexity index is 912. The first-order chi connectivity index (χ1) is 12.0. The van der Waals surface area contributed by atoms with Crippen LogP contribution in [0.5, 0.6) is 23.0 Å².